The Balaban J connectivity index is 2.01. The second-order valence-electron chi connectivity index (χ2n) is 5.58. The third kappa shape index (κ3) is 5.88. The molecule has 0 spiro atoms. The summed E-state index contributed by atoms with van der Waals surface area (Å²) in [6.45, 7) is 3.43. The minimum absolute atomic E-state index is 0.0594. The molecule has 2 rings (SSSR count). The molecule has 2 N–H and O–H groups in total. The van der Waals surface area contributed by atoms with Crippen LogP contribution in [0.3, 0.4) is 0 Å². The lowest BCUT2D eigenvalue weighted by Crippen LogP contribution is -2.41. The van der Waals surface area contributed by atoms with Gasteiger partial charge < -0.3 is 10.1 Å². The van der Waals surface area contributed by atoms with E-state index in [1.165, 1.54) is 31.2 Å². The largest absolute Gasteiger partial charge is 0.462 e. The Labute approximate surface area is 166 Å². The highest BCUT2D eigenvalue weighted by molar-refractivity contribution is 9.10. The number of hydrogen-bond donors (Lipinski definition) is 2. The van der Waals surface area contributed by atoms with E-state index in [1.54, 1.807) is 31.2 Å². The van der Waals surface area contributed by atoms with Gasteiger partial charge in [-0.1, -0.05) is 15.9 Å². The smallest absolute Gasteiger partial charge is 0.338 e. The van der Waals surface area contributed by atoms with E-state index in [0.717, 1.165) is 4.47 Å². The normalized spacial score (nSPS) is 12.3. The fourth-order valence-corrected chi connectivity index (χ4v) is 3.59. The Bertz CT molecular complexity index is 912. The van der Waals surface area contributed by atoms with E-state index in [-0.39, 0.29) is 11.5 Å². The molecule has 0 fully saturated rings. The molecule has 0 aliphatic carbocycles. The number of carbonyl (C=O) groups is 2. The van der Waals surface area contributed by atoms with Crippen LogP contribution < -0.4 is 10.0 Å². The number of ether oxygens (including phenoxy) is 1. The molecule has 2 aromatic carbocycles. The molecule has 0 heterocycles. The molecular formula is C18H19BrN2O5S. The Morgan fingerprint density at radius 1 is 1.07 bits per heavy atom. The molecule has 0 unspecified atom stereocenters. The zero-order valence-corrected chi connectivity index (χ0v) is 17.1. The van der Waals surface area contributed by atoms with Gasteiger partial charge in [0.05, 0.1) is 23.1 Å². The van der Waals surface area contributed by atoms with Crippen LogP contribution in [0.1, 0.15) is 24.2 Å². The molecule has 27 heavy (non-hydrogen) atoms. The summed E-state index contributed by atoms with van der Waals surface area (Å²) < 4.78 is 32.6. The number of rotatable bonds is 7. The van der Waals surface area contributed by atoms with Gasteiger partial charge in [-0.3, -0.25) is 4.79 Å². The number of esters is 1. The highest BCUT2D eigenvalue weighted by Gasteiger charge is 2.22. The van der Waals surface area contributed by atoms with Gasteiger partial charge in [0, 0.05) is 10.2 Å². The van der Waals surface area contributed by atoms with Crippen LogP contribution in [0.15, 0.2) is 57.9 Å². The molecule has 0 aromatic heterocycles. The van der Waals surface area contributed by atoms with Crippen molar-refractivity contribution in [3.63, 3.8) is 0 Å². The molecule has 0 aliphatic rings. The van der Waals surface area contributed by atoms with E-state index in [2.05, 4.69) is 26.0 Å². The monoisotopic (exact) mass is 454 g/mol. The van der Waals surface area contributed by atoms with E-state index in [0.29, 0.717) is 11.3 Å². The Morgan fingerprint density at radius 3 is 2.22 bits per heavy atom. The van der Waals surface area contributed by atoms with Crippen molar-refractivity contribution in [2.24, 2.45) is 0 Å². The lowest BCUT2D eigenvalue weighted by atomic mass is 10.2. The van der Waals surface area contributed by atoms with Gasteiger partial charge in [-0.25, -0.2) is 13.2 Å². The first-order valence-electron chi connectivity index (χ1n) is 8.09. The maximum absolute atomic E-state index is 12.3. The number of benzene rings is 2. The second-order valence-corrected chi connectivity index (χ2v) is 8.21. The topological polar surface area (TPSA) is 102 Å². The number of sulfonamides is 1. The van der Waals surface area contributed by atoms with Crippen molar-refractivity contribution >= 4 is 43.5 Å². The van der Waals surface area contributed by atoms with Crippen LogP contribution in [0, 0.1) is 0 Å². The van der Waals surface area contributed by atoms with Gasteiger partial charge in [0.15, 0.2) is 0 Å². The highest BCUT2D eigenvalue weighted by atomic mass is 79.9. The fourth-order valence-electron chi connectivity index (χ4n) is 2.12. The van der Waals surface area contributed by atoms with Crippen LogP contribution in [0.2, 0.25) is 0 Å². The number of halogens is 1. The summed E-state index contributed by atoms with van der Waals surface area (Å²) >= 11 is 3.24. The van der Waals surface area contributed by atoms with Gasteiger partial charge in [0.1, 0.15) is 0 Å². The summed E-state index contributed by atoms with van der Waals surface area (Å²) in [4.78, 5) is 23.9. The van der Waals surface area contributed by atoms with Crippen LogP contribution in [0.25, 0.3) is 0 Å². The summed E-state index contributed by atoms with van der Waals surface area (Å²) in [5.74, 6) is -0.981. The summed E-state index contributed by atoms with van der Waals surface area (Å²) in [5.41, 5.74) is 0.793. The van der Waals surface area contributed by atoms with E-state index >= 15 is 0 Å². The van der Waals surface area contributed by atoms with Crippen LogP contribution in [0.5, 0.6) is 0 Å². The number of amides is 1. The third-order valence-corrected chi connectivity index (χ3v) is 5.60. The first-order valence-corrected chi connectivity index (χ1v) is 10.4. The Morgan fingerprint density at radius 2 is 1.67 bits per heavy atom. The lowest BCUT2D eigenvalue weighted by molar-refractivity contribution is -0.117. The third-order valence-electron chi connectivity index (χ3n) is 3.51. The molecule has 144 valence electrons. The van der Waals surface area contributed by atoms with Crippen LogP contribution in [0.4, 0.5) is 5.69 Å². The quantitative estimate of drug-likeness (QED) is 0.626. The minimum atomic E-state index is -3.83. The summed E-state index contributed by atoms with van der Waals surface area (Å²) in [6, 6.07) is 11.2. The summed E-state index contributed by atoms with van der Waals surface area (Å²) in [5, 5.41) is 2.60. The molecule has 2 aromatic rings. The zero-order chi connectivity index (χ0) is 20.0. The summed E-state index contributed by atoms with van der Waals surface area (Å²) in [6.07, 6.45) is 0. The molecule has 9 heteroatoms. The van der Waals surface area contributed by atoms with Crippen LogP contribution in [-0.2, 0) is 19.6 Å². The van der Waals surface area contributed by atoms with Crippen molar-refractivity contribution in [3.05, 3.63) is 58.6 Å². The van der Waals surface area contributed by atoms with E-state index < -0.39 is 27.9 Å². The summed E-state index contributed by atoms with van der Waals surface area (Å²) in [7, 11) is -3.83. The van der Waals surface area contributed by atoms with Gasteiger partial charge in [-0.2, -0.15) is 4.72 Å². The van der Waals surface area contributed by atoms with E-state index in [4.69, 9.17) is 4.74 Å². The highest BCUT2D eigenvalue weighted by Crippen LogP contribution is 2.15. The van der Waals surface area contributed by atoms with Gasteiger partial charge in [-0.05, 0) is 62.4 Å². The standard InChI is InChI=1S/C18H19BrN2O5S/c1-3-26-18(23)13-4-8-15(9-5-13)20-17(22)12(2)21-27(24,25)16-10-6-14(19)7-11-16/h4-12,21H,3H2,1-2H3,(H,20,22)/t12-/m1/s1. The molecule has 0 radical (unpaired) electrons. The van der Waals surface area contributed by atoms with Crippen molar-refractivity contribution in [2.45, 2.75) is 24.8 Å². The molecule has 0 saturated carbocycles. The number of carbonyl (C=O) groups excluding carboxylic acids is 2. The van der Waals surface area contributed by atoms with Gasteiger partial charge in [0.2, 0.25) is 15.9 Å². The molecule has 0 saturated heterocycles. The van der Waals surface area contributed by atoms with E-state index in [1.807, 2.05) is 0 Å². The Kier molecular flexibility index (Phi) is 7.11. The van der Waals surface area contributed by atoms with Crippen LogP contribution >= 0.6 is 15.9 Å². The zero-order valence-electron chi connectivity index (χ0n) is 14.7. The van der Waals surface area contributed by atoms with Gasteiger partial charge in [-0.15, -0.1) is 0 Å². The van der Waals surface area contributed by atoms with E-state index in [9.17, 15) is 18.0 Å². The molecule has 7 nitrogen and oxygen atoms in total. The molecule has 1 amide bonds. The van der Waals surface area contributed by atoms with Crippen molar-refractivity contribution in [1.29, 1.82) is 0 Å². The van der Waals surface area contributed by atoms with Gasteiger partial charge >= 0.3 is 5.97 Å². The molecule has 1 atom stereocenters. The Hall–Kier alpha value is -2.23. The first kappa shape index (κ1) is 21.1. The maximum atomic E-state index is 12.3. The van der Waals surface area contributed by atoms with Crippen molar-refractivity contribution in [2.75, 3.05) is 11.9 Å². The lowest BCUT2D eigenvalue weighted by Gasteiger charge is -2.15. The first-order chi connectivity index (χ1) is 12.7. The molecular weight excluding hydrogens is 436 g/mol. The SMILES string of the molecule is CCOC(=O)c1ccc(NC(=O)[C@@H](C)NS(=O)(=O)c2ccc(Br)cc2)cc1. The average Bonchev–Trinajstić information content (AvgIpc) is 2.62. The second kappa shape index (κ2) is 9.12. The van der Waals surface area contributed by atoms with Crippen LogP contribution in [-0.4, -0.2) is 32.9 Å². The molecule has 0 aliphatic heterocycles. The van der Waals surface area contributed by atoms with Crippen molar-refractivity contribution in [3.8, 4) is 0 Å². The maximum Gasteiger partial charge on any atom is 0.338 e. The number of hydrogen-bond acceptors (Lipinski definition) is 5. The average molecular weight is 455 g/mol. The number of nitrogens with one attached hydrogen (secondary N) is 2. The predicted octanol–water partition coefficient (Wildman–Crippen LogP) is 2.93. The number of anilines is 1. The molecule has 0 bridgehead atoms. The fraction of sp³-hybridized carbons (Fsp3) is 0.222. The van der Waals surface area contributed by atoms with Crippen molar-refractivity contribution < 1.29 is 22.7 Å². The van der Waals surface area contributed by atoms with Crippen molar-refractivity contribution in [1.82, 2.24) is 4.72 Å². The predicted molar refractivity (Wildman–Crippen MR) is 105 cm³/mol. The minimum Gasteiger partial charge on any atom is -0.462 e. The van der Waals surface area contributed by atoms with Gasteiger partial charge in [0.25, 0.3) is 0 Å².